The minimum Gasteiger partial charge on any atom is -0.316 e. The van der Waals surface area contributed by atoms with Crippen LogP contribution in [0.5, 0.6) is 0 Å². The van der Waals surface area contributed by atoms with Crippen LogP contribution in [-0.4, -0.2) is 27.3 Å². The molecule has 4 nitrogen and oxygen atoms in total. The average molecular weight is 228 g/mol. The maximum Gasteiger partial charge on any atom is 0.233 e. The van der Waals surface area contributed by atoms with Crippen LogP contribution in [0.15, 0.2) is 30.3 Å². The molecule has 0 bridgehead atoms. The van der Waals surface area contributed by atoms with Crippen LogP contribution in [0.25, 0.3) is 0 Å². The van der Waals surface area contributed by atoms with Crippen LogP contribution in [0.4, 0.5) is 5.69 Å². The van der Waals surface area contributed by atoms with Crippen LogP contribution in [0.3, 0.4) is 0 Å². The summed E-state index contributed by atoms with van der Waals surface area (Å²) >= 11 is 0. The Labute approximate surface area is 90.8 Å². The molecule has 2 N–H and O–H groups in total. The van der Waals surface area contributed by atoms with Gasteiger partial charge in [0.25, 0.3) is 0 Å². The maximum atomic E-state index is 11.5. The van der Waals surface area contributed by atoms with Crippen molar-refractivity contribution in [3.63, 3.8) is 0 Å². The van der Waals surface area contributed by atoms with Gasteiger partial charge < -0.3 is 5.32 Å². The molecule has 0 atom stereocenters. The zero-order valence-corrected chi connectivity index (χ0v) is 9.55. The summed E-state index contributed by atoms with van der Waals surface area (Å²) in [5, 5.41) is 2.97. The van der Waals surface area contributed by atoms with Crippen LogP contribution >= 0.6 is 0 Å². The van der Waals surface area contributed by atoms with Gasteiger partial charge in [-0.15, -0.1) is 0 Å². The standard InChI is InChI=1S/C10H16N2O2S/c1-2-11-8-9-15(13,14)12-10-6-4-3-5-7-10/h3-7,11-12H,2,8-9H2,1H3. The summed E-state index contributed by atoms with van der Waals surface area (Å²) in [4.78, 5) is 0. The molecule has 0 aliphatic heterocycles. The highest BCUT2D eigenvalue weighted by molar-refractivity contribution is 7.92. The fourth-order valence-electron chi connectivity index (χ4n) is 1.12. The number of hydrogen-bond acceptors (Lipinski definition) is 3. The summed E-state index contributed by atoms with van der Waals surface area (Å²) in [6, 6.07) is 8.89. The monoisotopic (exact) mass is 228 g/mol. The summed E-state index contributed by atoms with van der Waals surface area (Å²) in [7, 11) is -3.22. The number of nitrogens with one attached hydrogen (secondary N) is 2. The van der Waals surface area contributed by atoms with Gasteiger partial charge in [-0.05, 0) is 18.7 Å². The Morgan fingerprint density at radius 1 is 1.20 bits per heavy atom. The molecule has 1 aromatic carbocycles. The number of sulfonamides is 1. The van der Waals surface area contributed by atoms with Crippen molar-refractivity contribution in [2.45, 2.75) is 6.92 Å². The maximum absolute atomic E-state index is 11.5. The largest absolute Gasteiger partial charge is 0.316 e. The summed E-state index contributed by atoms with van der Waals surface area (Å²) in [6.07, 6.45) is 0. The van der Waals surface area contributed by atoms with Crippen molar-refractivity contribution in [2.24, 2.45) is 0 Å². The minimum atomic E-state index is -3.22. The van der Waals surface area contributed by atoms with Crippen molar-refractivity contribution >= 4 is 15.7 Å². The normalized spacial score (nSPS) is 11.3. The lowest BCUT2D eigenvalue weighted by atomic mass is 10.3. The molecule has 1 rings (SSSR count). The molecule has 0 aliphatic rings. The quantitative estimate of drug-likeness (QED) is 0.715. The third-order valence-electron chi connectivity index (χ3n) is 1.84. The number of rotatable bonds is 6. The van der Waals surface area contributed by atoms with E-state index in [0.29, 0.717) is 12.2 Å². The van der Waals surface area contributed by atoms with E-state index in [1.807, 2.05) is 13.0 Å². The zero-order chi connectivity index (χ0) is 11.1. The summed E-state index contributed by atoms with van der Waals surface area (Å²) in [5.41, 5.74) is 0.606. The highest BCUT2D eigenvalue weighted by Gasteiger charge is 2.08. The summed E-state index contributed by atoms with van der Waals surface area (Å²) in [5.74, 6) is 0.0930. The molecule has 0 saturated heterocycles. The second-order valence-corrected chi connectivity index (χ2v) is 4.98. The molecule has 0 amide bonds. The third-order valence-corrected chi connectivity index (χ3v) is 3.13. The first-order valence-corrected chi connectivity index (χ1v) is 6.55. The Kier molecular flexibility index (Phi) is 4.58. The molecule has 1 aromatic rings. The third kappa shape index (κ3) is 4.80. The lowest BCUT2D eigenvalue weighted by Gasteiger charge is -2.07. The van der Waals surface area contributed by atoms with E-state index >= 15 is 0 Å². The van der Waals surface area contributed by atoms with Gasteiger partial charge in [0, 0.05) is 12.2 Å². The van der Waals surface area contributed by atoms with Crippen molar-refractivity contribution in [3.8, 4) is 0 Å². The molecular weight excluding hydrogens is 212 g/mol. The minimum absolute atomic E-state index is 0.0930. The van der Waals surface area contributed by atoms with Crippen LogP contribution < -0.4 is 10.0 Å². The topological polar surface area (TPSA) is 58.2 Å². The first kappa shape index (κ1) is 12.0. The fraction of sp³-hybridized carbons (Fsp3) is 0.400. The smallest absolute Gasteiger partial charge is 0.233 e. The molecule has 0 spiro atoms. The molecule has 0 unspecified atom stereocenters. The SMILES string of the molecule is CCNCCS(=O)(=O)Nc1ccccc1. The van der Waals surface area contributed by atoms with Gasteiger partial charge in [-0.25, -0.2) is 8.42 Å². The number of anilines is 1. The van der Waals surface area contributed by atoms with E-state index in [0.717, 1.165) is 6.54 Å². The number of benzene rings is 1. The molecule has 5 heteroatoms. The van der Waals surface area contributed by atoms with Gasteiger partial charge in [-0.1, -0.05) is 25.1 Å². The van der Waals surface area contributed by atoms with Gasteiger partial charge in [0.05, 0.1) is 5.75 Å². The predicted octanol–water partition coefficient (Wildman–Crippen LogP) is 1.04. The molecular formula is C10H16N2O2S. The lowest BCUT2D eigenvalue weighted by molar-refractivity contribution is 0.597. The highest BCUT2D eigenvalue weighted by Crippen LogP contribution is 2.07. The Morgan fingerprint density at radius 3 is 2.47 bits per heavy atom. The van der Waals surface area contributed by atoms with Gasteiger partial charge in [0.15, 0.2) is 0 Å². The van der Waals surface area contributed by atoms with Crippen molar-refractivity contribution in [1.29, 1.82) is 0 Å². The Bertz CT molecular complexity index is 376. The van der Waals surface area contributed by atoms with Gasteiger partial charge >= 0.3 is 0 Å². The van der Waals surface area contributed by atoms with Crippen LogP contribution in [-0.2, 0) is 10.0 Å². The van der Waals surface area contributed by atoms with Crippen molar-refractivity contribution in [1.82, 2.24) is 5.32 Å². The molecule has 0 aliphatic carbocycles. The predicted molar refractivity (Wildman–Crippen MR) is 62.4 cm³/mol. The highest BCUT2D eigenvalue weighted by atomic mass is 32.2. The second-order valence-electron chi connectivity index (χ2n) is 3.14. The van der Waals surface area contributed by atoms with E-state index in [9.17, 15) is 8.42 Å². The van der Waals surface area contributed by atoms with Crippen molar-refractivity contribution < 1.29 is 8.42 Å². The van der Waals surface area contributed by atoms with E-state index in [-0.39, 0.29) is 5.75 Å². The summed E-state index contributed by atoms with van der Waals surface area (Å²) in [6.45, 7) is 3.19. The Morgan fingerprint density at radius 2 is 1.87 bits per heavy atom. The molecule has 84 valence electrons. The van der Waals surface area contributed by atoms with E-state index in [1.165, 1.54) is 0 Å². The van der Waals surface area contributed by atoms with E-state index < -0.39 is 10.0 Å². The van der Waals surface area contributed by atoms with Crippen LogP contribution in [0.1, 0.15) is 6.92 Å². The lowest BCUT2D eigenvalue weighted by Crippen LogP contribution is -2.26. The molecule has 0 aromatic heterocycles. The van der Waals surface area contributed by atoms with Gasteiger partial charge in [-0.3, -0.25) is 4.72 Å². The Hall–Kier alpha value is -1.07. The van der Waals surface area contributed by atoms with Gasteiger partial charge in [-0.2, -0.15) is 0 Å². The molecule has 0 heterocycles. The van der Waals surface area contributed by atoms with Crippen molar-refractivity contribution in [2.75, 3.05) is 23.6 Å². The van der Waals surface area contributed by atoms with Gasteiger partial charge in [0.2, 0.25) is 10.0 Å². The fourth-order valence-corrected chi connectivity index (χ4v) is 2.13. The average Bonchev–Trinajstić information content (AvgIpc) is 2.18. The number of hydrogen-bond donors (Lipinski definition) is 2. The first-order chi connectivity index (χ1) is 7.14. The van der Waals surface area contributed by atoms with Crippen LogP contribution in [0, 0.1) is 0 Å². The second kappa shape index (κ2) is 5.72. The van der Waals surface area contributed by atoms with E-state index in [4.69, 9.17) is 0 Å². The summed E-state index contributed by atoms with van der Waals surface area (Å²) < 4.78 is 25.6. The molecule has 15 heavy (non-hydrogen) atoms. The molecule has 0 radical (unpaired) electrons. The molecule has 0 fully saturated rings. The van der Waals surface area contributed by atoms with E-state index in [2.05, 4.69) is 10.0 Å². The van der Waals surface area contributed by atoms with Gasteiger partial charge in [0.1, 0.15) is 0 Å². The number of para-hydroxylation sites is 1. The van der Waals surface area contributed by atoms with Crippen molar-refractivity contribution in [3.05, 3.63) is 30.3 Å². The molecule has 0 saturated carbocycles. The van der Waals surface area contributed by atoms with E-state index in [1.54, 1.807) is 24.3 Å². The first-order valence-electron chi connectivity index (χ1n) is 4.90. The Balaban J connectivity index is 2.50. The zero-order valence-electron chi connectivity index (χ0n) is 8.73. The van der Waals surface area contributed by atoms with Crippen LogP contribution in [0.2, 0.25) is 0 Å².